The summed E-state index contributed by atoms with van der Waals surface area (Å²) in [6.07, 6.45) is 8.15. The third kappa shape index (κ3) is 8.45. The van der Waals surface area contributed by atoms with Crippen LogP contribution in [-0.4, -0.2) is 41.6 Å². The topological polar surface area (TPSA) is 69.6 Å². The molecular weight excluding hydrogens is 232 g/mol. The zero-order valence-corrected chi connectivity index (χ0v) is 11.1. The van der Waals surface area contributed by atoms with Gasteiger partial charge >= 0.3 is 12.0 Å². The van der Waals surface area contributed by atoms with E-state index in [2.05, 4.69) is 25.1 Å². The monoisotopic (exact) mass is 254 g/mol. The molecule has 0 aliphatic heterocycles. The molecule has 0 radical (unpaired) electrons. The van der Waals surface area contributed by atoms with Gasteiger partial charge in [-0.1, -0.05) is 32.6 Å². The van der Waals surface area contributed by atoms with Crippen LogP contribution in [0.15, 0.2) is 0 Å². The van der Waals surface area contributed by atoms with Crippen LogP contribution in [-0.2, 0) is 4.79 Å². The lowest BCUT2D eigenvalue weighted by Crippen LogP contribution is -2.43. The zero-order valence-electron chi connectivity index (χ0n) is 11.1. The minimum Gasteiger partial charge on any atom is -0.480 e. The van der Waals surface area contributed by atoms with Crippen molar-refractivity contribution < 1.29 is 14.7 Å². The van der Waals surface area contributed by atoms with Crippen molar-refractivity contribution in [3.8, 4) is 12.3 Å². The fraction of sp³-hybridized carbons (Fsp3) is 0.692. The van der Waals surface area contributed by atoms with Crippen molar-refractivity contribution in [2.24, 2.45) is 5.92 Å². The van der Waals surface area contributed by atoms with Crippen LogP contribution in [0, 0.1) is 18.3 Å². The predicted octanol–water partition coefficient (Wildman–Crippen LogP) is 1.54. The predicted molar refractivity (Wildman–Crippen MR) is 70.1 cm³/mol. The third-order valence-corrected chi connectivity index (χ3v) is 2.38. The van der Waals surface area contributed by atoms with Gasteiger partial charge in [0.05, 0.1) is 6.54 Å². The van der Waals surface area contributed by atoms with Crippen LogP contribution >= 0.6 is 0 Å². The Balaban J connectivity index is 3.89. The van der Waals surface area contributed by atoms with Crippen LogP contribution in [0.5, 0.6) is 0 Å². The second-order valence-electron chi connectivity index (χ2n) is 4.58. The highest BCUT2D eigenvalue weighted by atomic mass is 16.4. The Kier molecular flexibility index (Phi) is 8.46. The average molecular weight is 254 g/mol. The number of carbonyl (C=O) groups excluding carboxylic acids is 1. The maximum atomic E-state index is 11.6. The maximum Gasteiger partial charge on any atom is 0.323 e. The number of rotatable bonds is 8. The molecule has 0 unspecified atom stereocenters. The van der Waals surface area contributed by atoms with Crippen LogP contribution < -0.4 is 5.32 Å². The molecule has 0 aromatic carbocycles. The molecule has 0 rings (SSSR count). The summed E-state index contributed by atoms with van der Waals surface area (Å²) >= 11 is 0. The van der Waals surface area contributed by atoms with Crippen molar-refractivity contribution in [2.45, 2.75) is 33.1 Å². The molecule has 0 aliphatic rings. The molecular formula is C13H22N2O3. The van der Waals surface area contributed by atoms with Gasteiger partial charge in [-0.2, -0.15) is 0 Å². The Morgan fingerprint density at radius 3 is 2.56 bits per heavy atom. The number of urea groups is 1. The summed E-state index contributed by atoms with van der Waals surface area (Å²) in [4.78, 5) is 23.3. The van der Waals surface area contributed by atoms with Crippen LogP contribution in [0.4, 0.5) is 4.79 Å². The van der Waals surface area contributed by atoms with Gasteiger partial charge in [0.25, 0.3) is 0 Å². The number of unbranched alkanes of at least 4 members (excludes halogenated alkanes) is 1. The van der Waals surface area contributed by atoms with E-state index in [1.165, 1.54) is 0 Å². The minimum atomic E-state index is -1.07. The van der Waals surface area contributed by atoms with Gasteiger partial charge in [0.15, 0.2) is 0 Å². The second-order valence-corrected chi connectivity index (χ2v) is 4.58. The number of carboxylic acids is 1. The number of nitrogens with zero attached hydrogens (tertiary/aromatic N) is 1. The molecule has 102 valence electrons. The van der Waals surface area contributed by atoms with Crippen molar-refractivity contribution in [3.63, 3.8) is 0 Å². The van der Waals surface area contributed by atoms with Crippen LogP contribution in [0.2, 0.25) is 0 Å². The van der Waals surface area contributed by atoms with Crippen molar-refractivity contribution in [1.29, 1.82) is 0 Å². The first-order valence-electron chi connectivity index (χ1n) is 6.15. The highest BCUT2D eigenvalue weighted by Crippen LogP contribution is 2.05. The largest absolute Gasteiger partial charge is 0.480 e. The average Bonchev–Trinajstić information content (AvgIpc) is 2.26. The molecule has 2 N–H and O–H groups in total. The van der Waals surface area contributed by atoms with E-state index < -0.39 is 12.0 Å². The number of carboxylic acid groups (broad SMARTS) is 1. The van der Waals surface area contributed by atoms with Gasteiger partial charge in [-0.3, -0.25) is 4.79 Å². The van der Waals surface area contributed by atoms with Gasteiger partial charge in [0, 0.05) is 6.54 Å². The highest BCUT2D eigenvalue weighted by molar-refractivity contribution is 5.80. The number of hydrogen-bond donors (Lipinski definition) is 2. The van der Waals surface area contributed by atoms with Gasteiger partial charge in [0.1, 0.15) is 6.54 Å². The Morgan fingerprint density at radius 2 is 2.06 bits per heavy atom. The minimum absolute atomic E-state index is 0.00409. The number of hydrogen-bond acceptors (Lipinski definition) is 2. The summed E-state index contributed by atoms with van der Waals surface area (Å²) in [6, 6.07) is -0.417. The number of amides is 2. The number of terminal acetylenes is 1. The first kappa shape index (κ1) is 16.3. The Morgan fingerprint density at radius 1 is 1.39 bits per heavy atom. The smallest absolute Gasteiger partial charge is 0.323 e. The maximum absolute atomic E-state index is 11.6. The molecule has 18 heavy (non-hydrogen) atoms. The molecule has 0 aromatic heterocycles. The third-order valence-electron chi connectivity index (χ3n) is 2.38. The number of aliphatic carboxylic acids is 1. The molecule has 0 aliphatic carbocycles. The van der Waals surface area contributed by atoms with E-state index in [4.69, 9.17) is 11.5 Å². The van der Waals surface area contributed by atoms with E-state index >= 15 is 0 Å². The molecule has 5 heteroatoms. The van der Waals surface area contributed by atoms with E-state index in [1.54, 1.807) is 0 Å². The van der Waals surface area contributed by atoms with Crippen molar-refractivity contribution >= 4 is 12.0 Å². The Bertz CT molecular complexity index is 308. The lowest BCUT2D eigenvalue weighted by molar-refractivity contribution is -0.137. The van der Waals surface area contributed by atoms with E-state index in [0.29, 0.717) is 12.5 Å². The van der Waals surface area contributed by atoms with Gasteiger partial charge in [-0.15, -0.1) is 6.42 Å². The number of nitrogens with one attached hydrogen (secondary N) is 1. The molecule has 2 amide bonds. The molecule has 0 saturated heterocycles. The lowest BCUT2D eigenvalue weighted by atomic mass is 10.1. The molecule has 0 saturated carbocycles. The fourth-order valence-electron chi connectivity index (χ4n) is 1.46. The fourth-order valence-corrected chi connectivity index (χ4v) is 1.46. The summed E-state index contributed by atoms with van der Waals surface area (Å²) in [5.41, 5.74) is 0. The van der Waals surface area contributed by atoms with Crippen LogP contribution in [0.25, 0.3) is 0 Å². The molecule has 0 fully saturated rings. The first-order valence-corrected chi connectivity index (χ1v) is 6.15. The van der Waals surface area contributed by atoms with Crippen molar-refractivity contribution in [3.05, 3.63) is 0 Å². The Labute approximate surface area is 109 Å². The number of carbonyl (C=O) groups is 2. The summed E-state index contributed by atoms with van der Waals surface area (Å²) in [5.74, 6) is 1.86. The summed E-state index contributed by atoms with van der Waals surface area (Å²) in [6.45, 7) is 4.48. The van der Waals surface area contributed by atoms with Crippen LogP contribution in [0.1, 0.15) is 33.1 Å². The lowest BCUT2D eigenvalue weighted by Gasteiger charge is -2.18. The van der Waals surface area contributed by atoms with Gasteiger partial charge < -0.3 is 15.3 Å². The second kappa shape index (κ2) is 9.34. The molecule has 0 heterocycles. The van der Waals surface area contributed by atoms with Gasteiger partial charge in [0.2, 0.25) is 0 Å². The zero-order chi connectivity index (χ0) is 14.0. The molecule has 0 aromatic rings. The van der Waals surface area contributed by atoms with Gasteiger partial charge in [-0.25, -0.2) is 4.79 Å². The highest BCUT2D eigenvalue weighted by Gasteiger charge is 2.14. The quantitative estimate of drug-likeness (QED) is 0.510. The van der Waals surface area contributed by atoms with E-state index in [0.717, 1.165) is 24.2 Å². The Hall–Kier alpha value is -1.70. The molecule has 0 atom stereocenters. The molecule has 0 spiro atoms. The molecule has 0 bridgehead atoms. The van der Waals surface area contributed by atoms with Crippen molar-refractivity contribution in [1.82, 2.24) is 10.2 Å². The van der Waals surface area contributed by atoms with Crippen molar-refractivity contribution in [2.75, 3.05) is 19.6 Å². The first-order chi connectivity index (χ1) is 8.47. The van der Waals surface area contributed by atoms with Gasteiger partial charge in [-0.05, 0) is 12.3 Å². The summed E-state index contributed by atoms with van der Waals surface area (Å²) in [7, 11) is 0. The normalized spacial score (nSPS) is 9.89. The SMILES string of the molecule is C#CCN(CC(=O)O)C(=O)NCCCCC(C)C. The van der Waals surface area contributed by atoms with E-state index in [1.807, 2.05) is 0 Å². The summed E-state index contributed by atoms with van der Waals surface area (Å²) < 4.78 is 0. The van der Waals surface area contributed by atoms with E-state index in [9.17, 15) is 9.59 Å². The standard InChI is InChI=1S/C13H22N2O3/c1-4-9-15(10-12(16)17)13(18)14-8-6-5-7-11(2)3/h1,11H,5-10H2,2-3H3,(H,14,18)(H,16,17). The molecule has 5 nitrogen and oxygen atoms in total. The summed E-state index contributed by atoms with van der Waals surface area (Å²) in [5, 5.41) is 11.3. The van der Waals surface area contributed by atoms with E-state index in [-0.39, 0.29) is 13.1 Å². The van der Waals surface area contributed by atoms with Crippen LogP contribution in [0.3, 0.4) is 0 Å².